The van der Waals surface area contributed by atoms with Gasteiger partial charge in [-0.1, -0.05) is 22.9 Å². The summed E-state index contributed by atoms with van der Waals surface area (Å²) >= 11 is 0. The molecule has 106 valence electrons. The minimum absolute atomic E-state index is 0.197. The lowest BCUT2D eigenvalue weighted by Crippen LogP contribution is -2.31. The number of hydrogen-bond acceptors (Lipinski definition) is 5. The number of likely N-dealkylation sites (tertiary alicyclic amines) is 1. The Kier molecular flexibility index (Phi) is 3.80. The van der Waals surface area contributed by atoms with Gasteiger partial charge in [0.1, 0.15) is 0 Å². The molecule has 20 heavy (non-hydrogen) atoms. The number of aryl methyl sites for hydroxylation is 1. The smallest absolute Gasteiger partial charge is 0.257 e. The van der Waals surface area contributed by atoms with Crippen LogP contribution in [0.3, 0.4) is 0 Å². The Hall–Kier alpha value is -1.72. The van der Waals surface area contributed by atoms with Gasteiger partial charge in [0.05, 0.1) is 13.2 Å². The van der Waals surface area contributed by atoms with Crippen LogP contribution in [0.15, 0.2) is 28.8 Å². The van der Waals surface area contributed by atoms with E-state index in [2.05, 4.69) is 15.0 Å². The van der Waals surface area contributed by atoms with Gasteiger partial charge in [0.25, 0.3) is 5.89 Å². The lowest BCUT2D eigenvalue weighted by molar-refractivity contribution is 0.150. The normalized spacial score (nSPS) is 19.6. The monoisotopic (exact) mass is 273 g/mol. The largest absolute Gasteiger partial charge is 0.395 e. The van der Waals surface area contributed by atoms with Crippen LogP contribution in [-0.4, -0.2) is 39.3 Å². The number of hydrogen-bond donors (Lipinski definition) is 1. The summed E-state index contributed by atoms with van der Waals surface area (Å²) in [6.45, 7) is 3.86. The third-order valence-corrected chi connectivity index (χ3v) is 3.79. The van der Waals surface area contributed by atoms with Crippen LogP contribution in [0.25, 0.3) is 11.5 Å². The molecule has 1 fully saturated rings. The topological polar surface area (TPSA) is 62.4 Å². The molecule has 0 radical (unpaired) electrons. The molecule has 3 rings (SSSR count). The molecule has 0 aliphatic carbocycles. The molecule has 1 aliphatic heterocycles. The molecular weight excluding hydrogens is 254 g/mol. The number of aliphatic hydroxyl groups is 1. The summed E-state index contributed by atoms with van der Waals surface area (Å²) in [5.41, 5.74) is 2.12. The molecule has 1 atom stereocenters. The Bertz CT molecular complexity index is 582. The molecule has 1 aromatic carbocycles. The maximum absolute atomic E-state index is 9.32. The van der Waals surface area contributed by atoms with E-state index in [9.17, 15) is 5.11 Å². The van der Waals surface area contributed by atoms with E-state index in [-0.39, 0.29) is 12.6 Å². The zero-order valence-electron chi connectivity index (χ0n) is 11.6. The lowest BCUT2D eigenvalue weighted by Gasteiger charge is -2.20. The van der Waals surface area contributed by atoms with Crippen LogP contribution >= 0.6 is 0 Å². The van der Waals surface area contributed by atoms with Crippen LogP contribution in [0.5, 0.6) is 0 Å². The summed E-state index contributed by atoms with van der Waals surface area (Å²) in [5.74, 6) is 1.24. The lowest BCUT2D eigenvalue weighted by atomic mass is 10.1. The molecule has 0 spiro atoms. The van der Waals surface area contributed by atoms with E-state index in [4.69, 9.17) is 4.52 Å². The van der Waals surface area contributed by atoms with Crippen molar-refractivity contribution < 1.29 is 9.63 Å². The maximum atomic E-state index is 9.32. The van der Waals surface area contributed by atoms with Gasteiger partial charge in [0.2, 0.25) is 0 Å². The molecule has 0 saturated carbocycles. The van der Waals surface area contributed by atoms with E-state index in [1.165, 1.54) is 5.56 Å². The Balaban J connectivity index is 1.74. The van der Waals surface area contributed by atoms with E-state index in [1.807, 2.05) is 31.2 Å². The zero-order valence-corrected chi connectivity index (χ0v) is 11.6. The fraction of sp³-hybridized carbons (Fsp3) is 0.467. The summed E-state index contributed by atoms with van der Waals surface area (Å²) in [6, 6.07) is 8.25. The van der Waals surface area contributed by atoms with E-state index in [0.717, 1.165) is 24.9 Å². The van der Waals surface area contributed by atoms with Gasteiger partial charge in [-0.3, -0.25) is 4.90 Å². The minimum atomic E-state index is 0.197. The van der Waals surface area contributed by atoms with Crippen LogP contribution in [-0.2, 0) is 6.54 Å². The van der Waals surface area contributed by atoms with Crippen LogP contribution in [0.4, 0.5) is 0 Å². The molecule has 2 aromatic rings. The summed E-state index contributed by atoms with van der Waals surface area (Å²) in [7, 11) is 0. The predicted molar refractivity (Wildman–Crippen MR) is 75.0 cm³/mol. The molecule has 1 saturated heterocycles. The Morgan fingerprint density at radius 1 is 1.45 bits per heavy atom. The first kappa shape index (κ1) is 13.3. The second-order valence-corrected chi connectivity index (χ2v) is 5.33. The Morgan fingerprint density at radius 2 is 2.35 bits per heavy atom. The third kappa shape index (κ3) is 2.73. The number of benzene rings is 1. The average molecular weight is 273 g/mol. The third-order valence-electron chi connectivity index (χ3n) is 3.79. The van der Waals surface area contributed by atoms with Crippen LogP contribution < -0.4 is 0 Å². The highest BCUT2D eigenvalue weighted by atomic mass is 16.5. The van der Waals surface area contributed by atoms with Gasteiger partial charge in [-0.15, -0.1) is 0 Å². The Morgan fingerprint density at radius 3 is 3.15 bits per heavy atom. The van der Waals surface area contributed by atoms with E-state index in [1.54, 1.807) is 0 Å². The summed E-state index contributed by atoms with van der Waals surface area (Å²) in [6.07, 6.45) is 2.16. The number of aromatic nitrogens is 2. The highest BCUT2D eigenvalue weighted by Crippen LogP contribution is 2.21. The molecule has 5 heteroatoms. The van der Waals surface area contributed by atoms with Crippen molar-refractivity contribution in [2.45, 2.75) is 32.4 Å². The molecule has 1 unspecified atom stereocenters. The molecule has 1 aromatic heterocycles. The van der Waals surface area contributed by atoms with Gasteiger partial charge in [0.15, 0.2) is 5.82 Å². The standard InChI is InChI=1S/C15H19N3O2/c1-11-4-2-5-12(8-11)15-16-14(17-20-15)9-18-7-3-6-13(18)10-19/h2,4-5,8,13,19H,3,6-7,9-10H2,1H3. The highest BCUT2D eigenvalue weighted by molar-refractivity contribution is 5.53. The number of aliphatic hydroxyl groups excluding tert-OH is 1. The van der Waals surface area contributed by atoms with Crippen molar-refractivity contribution in [2.75, 3.05) is 13.2 Å². The summed E-state index contributed by atoms with van der Waals surface area (Å²) < 4.78 is 5.33. The van der Waals surface area contributed by atoms with Crippen molar-refractivity contribution >= 4 is 0 Å². The Labute approximate surface area is 118 Å². The van der Waals surface area contributed by atoms with E-state index < -0.39 is 0 Å². The molecular formula is C15H19N3O2. The fourth-order valence-corrected chi connectivity index (χ4v) is 2.71. The predicted octanol–water partition coefficient (Wildman–Crippen LogP) is 2.00. The summed E-state index contributed by atoms with van der Waals surface area (Å²) in [5, 5.41) is 13.4. The SMILES string of the molecule is Cc1cccc(-c2nc(CN3CCCC3CO)no2)c1. The first-order valence-electron chi connectivity index (χ1n) is 7.01. The van der Waals surface area contributed by atoms with Gasteiger partial charge in [-0.25, -0.2) is 0 Å². The molecule has 0 amide bonds. The molecule has 1 N–H and O–H groups in total. The van der Waals surface area contributed by atoms with Crippen LogP contribution in [0.2, 0.25) is 0 Å². The van der Waals surface area contributed by atoms with Crippen molar-refractivity contribution in [1.82, 2.24) is 15.0 Å². The minimum Gasteiger partial charge on any atom is -0.395 e. The van der Waals surface area contributed by atoms with Gasteiger partial charge in [-0.2, -0.15) is 4.98 Å². The fourth-order valence-electron chi connectivity index (χ4n) is 2.71. The van der Waals surface area contributed by atoms with Crippen molar-refractivity contribution in [3.8, 4) is 11.5 Å². The van der Waals surface area contributed by atoms with E-state index >= 15 is 0 Å². The van der Waals surface area contributed by atoms with Gasteiger partial charge in [-0.05, 0) is 38.4 Å². The van der Waals surface area contributed by atoms with Crippen molar-refractivity contribution in [3.63, 3.8) is 0 Å². The molecule has 1 aliphatic rings. The highest BCUT2D eigenvalue weighted by Gasteiger charge is 2.25. The van der Waals surface area contributed by atoms with Crippen LogP contribution in [0, 0.1) is 6.92 Å². The first-order valence-corrected chi connectivity index (χ1v) is 7.01. The zero-order chi connectivity index (χ0) is 13.9. The van der Waals surface area contributed by atoms with Crippen molar-refractivity contribution in [3.05, 3.63) is 35.7 Å². The van der Waals surface area contributed by atoms with Gasteiger partial charge in [0, 0.05) is 11.6 Å². The van der Waals surface area contributed by atoms with Gasteiger partial charge >= 0.3 is 0 Å². The maximum Gasteiger partial charge on any atom is 0.257 e. The van der Waals surface area contributed by atoms with Crippen LogP contribution in [0.1, 0.15) is 24.2 Å². The quantitative estimate of drug-likeness (QED) is 0.923. The molecule has 0 bridgehead atoms. The van der Waals surface area contributed by atoms with Crippen molar-refractivity contribution in [1.29, 1.82) is 0 Å². The van der Waals surface area contributed by atoms with E-state index in [0.29, 0.717) is 18.3 Å². The number of nitrogens with zero attached hydrogens (tertiary/aromatic N) is 3. The second kappa shape index (κ2) is 5.73. The molecule has 2 heterocycles. The second-order valence-electron chi connectivity index (χ2n) is 5.33. The summed E-state index contributed by atoms with van der Waals surface area (Å²) in [4.78, 5) is 6.67. The van der Waals surface area contributed by atoms with Crippen molar-refractivity contribution in [2.24, 2.45) is 0 Å². The first-order chi connectivity index (χ1) is 9.76. The van der Waals surface area contributed by atoms with Gasteiger partial charge < -0.3 is 9.63 Å². The molecule has 5 nitrogen and oxygen atoms in total. The number of rotatable bonds is 4. The average Bonchev–Trinajstić information content (AvgIpc) is 3.08.